The average Bonchev–Trinajstić information content (AvgIpc) is 3.18. The summed E-state index contributed by atoms with van der Waals surface area (Å²) in [5.74, 6) is 0.631. The molecule has 26 heavy (non-hydrogen) atoms. The molecule has 140 valence electrons. The van der Waals surface area contributed by atoms with Crippen molar-refractivity contribution in [3.05, 3.63) is 46.2 Å². The molecule has 2 rings (SSSR count). The Labute approximate surface area is 157 Å². The van der Waals surface area contributed by atoms with Gasteiger partial charge < -0.3 is 19.5 Å². The van der Waals surface area contributed by atoms with E-state index in [-0.39, 0.29) is 24.9 Å². The van der Waals surface area contributed by atoms with Crippen LogP contribution in [0.1, 0.15) is 17.5 Å². The molecule has 1 aromatic carbocycles. The first-order valence-corrected chi connectivity index (χ1v) is 9.21. The second-order valence-electron chi connectivity index (χ2n) is 5.58. The van der Waals surface area contributed by atoms with Crippen molar-refractivity contribution in [1.82, 2.24) is 5.32 Å². The smallest absolute Gasteiger partial charge is 0.306 e. The minimum Gasteiger partial charge on any atom is -0.493 e. The number of ether oxygens (including phenoxy) is 3. The normalized spacial score (nSPS) is 10.2. The molecule has 0 radical (unpaired) electrons. The van der Waals surface area contributed by atoms with E-state index in [1.54, 1.807) is 25.6 Å². The third-order valence-electron chi connectivity index (χ3n) is 3.75. The number of hydrogen-bond donors (Lipinski definition) is 1. The summed E-state index contributed by atoms with van der Waals surface area (Å²) in [5.41, 5.74) is 2.11. The third-order valence-corrected chi connectivity index (χ3v) is 4.48. The second kappa shape index (κ2) is 10.5. The average molecular weight is 377 g/mol. The molecule has 2 aromatic rings. The summed E-state index contributed by atoms with van der Waals surface area (Å²) in [6.07, 6.45) is 1.54. The lowest BCUT2D eigenvalue weighted by molar-refractivity contribution is -0.148. The lowest BCUT2D eigenvalue weighted by Crippen LogP contribution is -2.30. The molecule has 0 bridgehead atoms. The summed E-state index contributed by atoms with van der Waals surface area (Å²) in [6, 6.07) is 7.58. The Morgan fingerprint density at radius 3 is 2.54 bits per heavy atom. The van der Waals surface area contributed by atoms with E-state index in [9.17, 15) is 9.59 Å². The van der Waals surface area contributed by atoms with Crippen LogP contribution < -0.4 is 14.8 Å². The summed E-state index contributed by atoms with van der Waals surface area (Å²) in [6.45, 7) is 0.190. The molecule has 1 N–H and O–H groups in total. The van der Waals surface area contributed by atoms with E-state index in [2.05, 4.69) is 5.32 Å². The molecule has 0 aliphatic carbocycles. The molecule has 0 fully saturated rings. The molecular weight excluding hydrogens is 354 g/mol. The maximum atomic E-state index is 11.8. The number of amides is 1. The summed E-state index contributed by atoms with van der Waals surface area (Å²) in [7, 11) is 3.16. The number of rotatable bonds is 10. The van der Waals surface area contributed by atoms with E-state index in [1.165, 1.54) is 0 Å². The van der Waals surface area contributed by atoms with Crippen LogP contribution in [0.2, 0.25) is 0 Å². The van der Waals surface area contributed by atoms with Crippen molar-refractivity contribution in [3.8, 4) is 11.5 Å². The molecule has 0 unspecified atom stereocenters. The van der Waals surface area contributed by atoms with Gasteiger partial charge in [0, 0.05) is 13.0 Å². The van der Waals surface area contributed by atoms with Gasteiger partial charge in [0.05, 0.1) is 14.2 Å². The number of esters is 1. The Kier molecular flexibility index (Phi) is 7.95. The molecule has 0 spiro atoms. The van der Waals surface area contributed by atoms with Gasteiger partial charge in [0.2, 0.25) is 0 Å². The fourth-order valence-corrected chi connectivity index (χ4v) is 3.04. The first kappa shape index (κ1) is 19.8. The highest BCUT2D eigenvalue weighted by atomic mass is 32.1. The van der Waals surface area contributed by atoms with Gasteiger partial charge in [-0.1, -0.05) is 6.07 Å². The number of methoxy groups -OCH3 is 2. The Bertz CT molecular complexity index is 715. The molecule has 1 heterocycles. The van der Waals surface area contributed by atoms with Crippen LogP contribution in [-0.2, 0) is 27.2 Å². The van der Waals surface area contributed by atoms with Crippen LogP contribution in [0.25, 0.3) is 0 Å². The van der Waals surface area contributed by atoms with Crippen molar-refractivity contribution in [2.45, 2.75) is 19.3 Å². The van der Waals surface area contributed by atoms with Gasteiger partial charge in [-0.15, -0.1) is 0 Å². The third kappa shape index (κ3) is 6.40. The Balaban J connectivity index is 1.64. The Morgan fingerprint density at radius 2 is 1.85 bits per heavy atom. The van der Waals surface area contributed by atoms with Crippen LogP contribution >= 0.6 is 11.3 Å². The zero-order valence-corrected chi connectivity index (χ0v) is 15.8. The van der Waals surface area contributed by atoms with Crippen LogP contribution in [0, 0.1) is 0 Å². The van der Waals surface area contributed by atoms with Crippen LogP contribution in [-0.4, -0.2) is 39.2 Å². The number of carbonyl (C=O) groups excluding carboxylic acids is 2. The molecule has 1 amide bonds. The highest BCUT2D eigenvalue weighted by Crippen LogP contribution is 2.27. The monoisotopic (exact) mass is 377 g/mol. The van der Waals surface area contributed by atoms with Crippen molar-refractivity contribution < 1.29 is 23.8 Å². The van der Waals surface area contributed by atoms with Crippen LogP contribution in [0.3, 0.4) is 0 Å². The summed E-state index contributed by atoms with van der Waals surface area (Å²) in [5, 5.41) is 6.69. The topological polar surface area (TPSA) is 73.9 Å². The SMILES string of the molecule is COc1ccc(CCNC(=O)COC(=O)CCc2ccsc2)cc1OC. The number of aryl methyl sites for hydroxylation is 1. The van der Waals surface area contributed by atoms with Crippen molar-refractivity contribution >= 4 is 23.2 Å². The Hall–Kier alpha value is -2.54. The van der Waals surface area contributed by atoms with Gasteiger partial charge in [-0.05, 0) is 52.9 Å². The maximum absolute atomic E-state index is 11.8. The van der Waals surface area contributed by atoms with Crippen LogP contribution in [0.5, 0.6) is 11.5 Å². The van der Waals surface area contributed by atoms with Crippen molar-refractivity contribution in [1.29, 1.82) is 0 Å². The van der Waals surface area contributed by atoms with E-state index in [0.717, 1.165) is 11.1 Å². The van der Waals surface area contributed by atoms with Gasteiger partial charge in [-0.25, -0.2) is 0 Å². The molecule has 6 nitrogen and oxygen atoms in total. The van der Waals surface area contributed by atoms with Crippen LogP contribution in [0.4, 0.5) is 0 Å². The highest BCUT2D eigenvalue weighted by Gasteiger charge is 2.09. The fraction of sp³-hybridized carbons (Fsp3) is 0.368. The second-order valence-corrected chi connectivity index (χ2v) is 6.36. The van der Waals surface area contributed by atoms with E-state index < -0.39 is 0 Å². The van der Waals surface area contributed by atoms with Crippen molar-refractivity contribution in [3.63, 3.8) is 0 Å². The number of nitrogens with one attached hydrogen (secondary N) is 1. The number of hydrogen-bond acceptors (Lipinski definition) is 6. The van der Waals surface area contributed by atoms with E-state index in [1.807, 2.05) is 35.0 Å². The number of benzene rings is 1. The molecule has 0 saturated carbocycles. The predicted molar refractivity (Wildman–Crippen MR) is 99.9 cm³/mol. The summed E-state index contributed by atoms with van der Waals surface area (Å²) < 4.78 is 15.4. The zero-order chi connectivity index (χ0) is 18.8. The van der Waals surface area contributed by atoms with Gasteiger partial charge in [0.1, 0.15) is 0 Å². The molecule has 1 aromatic heterocycles. The van der Waals surface area contributed by atoms with Crippen molar-refractivity contribution in [2.75, 3.05) is 27.4 Å². The minimum absolute atomic E-state index is 0.256. The zero-order valence-electron chi connectivity index (χ0n) is 14.9. The van der Waals surface area contributed by atoms with E-state index in [4.69, 9.17) is 14.2 Å². The number of carbonyl (C=O) groups is 2. The standard InChI is InChI=1S/C19H23NO5S/c1-23-16-5-3-14(11-17(16)24-2)7-9-20-18(21)12-25-19(22)6-4-15-8-10-26-13-15/h3,5,8,10-11,13H,4,6-7,9,12H2,1-2H3,(H,20,21). The van der Waals surface area contributed by atoms with Gasteiger partial charge in [0.15, 0.2) is 18.1 Å². The van der Waals surface area contributed by atoms with Gasteiger partial charge >= 0.3 is 5.97 Å². The molecular formula is C19H23NO5S. The molecule has 0 aliphatic rings. The summed E-state index contributed by atoms with van der Waals surface area (Å²) in [4.78, 5) is 23.4. The van der Waals surface area contributed by atoms with E-state index >= 15 is 0 Å². The summed E-state index contributed by atoms with van der Waals surface area (Å²) >= 11 is 1.59. The van der Waals surface area contributed by atoms with Gasteiger partial charge in [0.25, 0.3) is 5.91 Å². The quantitative estimate of drug-likeness (QED) is 0.644. The molecule has 0 atom stereocenters. The largest absolute Gasteiger partial charge is 0.493 e. The van der Waals surface area contributed by atoms with E-state index in [0.29, 0.717) is 30.9 Å². The molecule has 0 aliphatic heterocycles. The predicted octanol–water partition coefficient (Wildman–Crippen LogP) is 2.60. The first-order chi connectivity index (χ1) is 12.6. The maximum Gasteiger partial charge on any atom is 0.306 e. The minimum atomic E-state index is -0.369. The van der Waals surface area contributed by atoms with Crippen LogP contribution in [0.15, 0.2) is 35.0 Å². The first-order valence-electron chi connectivity index (χ1n) is 8.26. The van der Waals surface area contributed by atoms with Gasteiger partial charge in [-0.3, -0.25) is 9.59 Å². The molecule has 0 saturated heterocycles. The lowest BCUT2D eigenvalue weighted by Gasteiger charge is -2.10. The van der Waals surface area contributed by atoms with Gasteiger partial charge in [-0.2, -0.15) is 11.3 Å². The van der Waals surface area contributed by atoms with Crippen molar-refractivity contribution in [2.24, 2.45) is 0 Å². The number of thiophene rings is 1. The Morgan fingerprint density at radius 1 is 1.04 bits per heavy atom. The molecule has 7 heteroatoms. The fourth-order valence-electron chi connectivity index (χ4n) is 2.33. The highest BCUT2D eigenvalue weighted by molar-refractivity contribution is 7.07. The lowest BCUT2D eigenvalue weighted by atomic mass is 10.1.